The average Bonchev–Trinajstić information content (AvgIpc) is 2.86. The Bertz CT molecular complexity index is 644. The molecule has 0 bridgehead atoms. The third kappa shape index (κ3) is 3.70. The van der Waals surface area contributed by atoms with Crippen LogP contribution >= 0.6 is 11.3 Å². The first-order chi connectivity index (χ1) is 10.2. The van der Waals surface area contributed by atoms with Crippen molar-refractivity contribution < 1.29 is 13.2 Å². The van der Waals surface area contributed by atoms with Crippen molar-refractivity contribution in [1.29, 1.82) is 0 Å². The van der Waals surface area contributed by atoms with E-state index in [0.717, 1.165) is 11.3 Å². The van der Waals surface area contributed by atoms with Crippen molar-refractivity contribution in [3.63, 3.8) is 0 Å². The molecule has 0 aromatic carbocycles. The van der Waals surface area contributed by atoms with Gasteiger partial charge in [-0.15, -0.1) is 11.3 Å². The van der Waals surface area contributed by atoms with Crippen molar-refractivity contribution in [3.05, 3.63) is 21.4 Å². The smallest absolute Gasteiger partial charge is 0.263 e. The molecule has 1 aliphatic heterocycles. The fraction of sp³-hybridized carbons (Fsp3) is 0.667. The van der Waals surface area contributed by atoms with Gasteiger partial charge in [0.2, 0.25) is 10.0 Å². The molecule has 0 atom stereocenters. The molecule has 0 saturated carbocycles. The van der Waals surface area contributed by atoms with E-state index >= 15 is 0 Å². The van der Waals surface area contributed by atoms with Crippen LogP contribution in [0.5, 0.6) is 0 Å². The SMILES string of the molecule is CCc1cc(C(=O)N2CCC(N(C)S(C)(=O)=O)CC2)sc1C. The van der Waals surface area contributed by atoms with Gasteiger partial charge in [-0.1, -0.05) is 6.92 Å². The van der Waals surface area contributed by atoms with E-state index in [1.54, 1.807) is 18.4 Å². The molecule has 1 saturated heterocycles. The molecule has 1 aromatic rings. The van der Waals surface area contributed by atoms with E-state index in [1.807, 2.05) is 17.9 Å². The molecule has 0 radical (unpaired) electrons. The molecule has 1 fully saturated rings. The number of sulfonamides is 1. The van der Waals surface area contributed by atoms with Gasteiger partial charge in [0.1, 0.15) is 0 Å². The number of likely N-dealkylation sites (tertiary alicyclic amines) is 1. The highest BCUT2D eigenvalue weighted by atomic mass is 32.2. The lowest BCUT2D eigenvalue weighted by molar-refractivity contribution is 0.0691. The van der Waals surface area contributed by atoms with Gasteiger partial charge in [0.25, 0.3) is 5.91 Å². The zero-order valence-electron chi connectivity index (χ0n) is 13.6. The van der Waals surface area contributed by atoms with Crippen LogP contribution in [0.2, 0.25) is 0 Å². The van der Waals surface area contributed by atoms with Gasteiger partial charge in [-0.25, -0.2) is 12.7 Å². The summed E-state index contributed by atoms with van der Waals surface area (Å²) in [7, 11) is -1.55. The van der Waals surface area contributed by atoms with Gasteiger partial charge in [0.15, 0.2) is 0 Å². The molecule has 1 amide bonds. The first kappa shape index (κ1) is 17.4. The van der Waals surface area contributed by atoms with Gasteiger partial charge < -0.3 is 4.90 Å². The second kappa shape index (κ2) is 6.68. The molecule has 1 aliphatic rings. The van der Waals surface area contributed by atoms with Crippen LogP contribution in [0.25, 0.3) is 0 Å². The molecule has 2 rings (SSSR count). The van der Waals surface area contributed by atoms with Crippen molar-refractivity contribution in [3.8, 4) is 0 Å². The fourth-order valence-corrected chi connectivity index (χ4v) is 4.67. The summed E-state index contributed by atoms with van der Waals surface area (Å²) < 4.78 is 24.6. The Balaban J connectivity index is 2.00. The number of rotatable bonds is 4. The number of nitrogens with zero attached hydrogens (tertiary/aromatic N) is 2. The van der Waals surface area contributed by atoms with Crippen molar-refractivity contribution in [2.24, 2.45) is 0 Å². The van der Waals surface area contributed by atoms with E-state index in [9.17, 15) is 13.2 Å². The molecule has 22 heavy (non-hydrogen) atoms. The molecule has 5 nitrogen and oxygen atoms in total. The van der Waals surface area contributed by atoms with Gasteiger partial charge in [0, 0.05) is 31.1 Å². The van der Waals surface area contributed by atoms with Crippen molar-refractivity contribution in [1.82, 2.24) is 9.21 Å². The predicted molar refractivity (Wildman–Crippen MR) is 90.0 cm³/mol. The minimum absolute atomic E-state index is 0.00433. The molecule has 0 aliphatic carbocycles. The van der Waals surface area contributed by atoms with Gasteiger partial charge in [-0.2, -0.15) is 0 Å². The fourth-order valence-electron chi connectivity index (χ4n) is 2.84. The Morgan fingerprint density at radius 1 is 1.41 bits per heavy atom. The first-order valence-corrected chi connectivity index (χ1v) is 10.2. The van der Waals surface area contributed by atoms with Gasteiger partial charge in [-0.3, -0.25) is 4.79 Å². The van der Waals surface area contributed by atoms with Crippen molar-refractivity contribution in [2.45, 2.75) is 39.2 Å². The summed E-state index contributed by atoms with van der Waals surface area (Å²) in [5.41, 5.74) is 1.24. The number of carbonyl (C=O) groups excluding carboxylic acids is 1. The Morgan fingerprint density at radius 2 is 2.00 bits per heavy atom. The van der Waals surface area contributed by atoms with Crippen molar-refractivity contribution in [2.75, 3.05) is 26.4 Å². The Kier molecular flexibility index (Phi) is 5.29. The first-order valence-electron chi connectivity index (χ1n) is 7.55. The number of hydrogen-bond acceptors (Lipinski definition) is 4. The summed E-state index contributed by atoms with van der Waals surface area (Å²) in [5, 5.41) is 0. The highest BCUT2D eigenvalue weighted by molar-refractivity contribution is 7.88. The molecule has 0 spiro atoms. The van der Waals surface area contributed by atoms with E-state index in [4.69, 9.17) is 0 Å². The van der Waals surface area contributed by atoms with E-state index in [0.29, 0.717) is 25.9 Å². The molecule has 1 aromatic heterocycles. The summed E-state index contributed by atoms with van der Waals surface area (Å²) in [4.78, 5) is 16.4. The van der Waals surface area contributed by atoms with Gasteiger partial charge in [0.05, 0.1) is 11.1 Å². The Morgan fingerprint density at radius 3 is 2.45 bits per heavy atom. The summed E-state index contributed by atoms with van der Waals surface area (Å²) >= 11 is 1.55. The lowest BCUT2D eigenvalue weighted by Gasteiger charge is -2.35. The van der Waals surface area contributed by atoms with Crippen LogP contribution in [0.3, 0.4) is 0 Å². The van der Waals surface area contributed by atoms with E-state index < -0.39 is 10.0 Å². The molecule has 2 heterocycles. The maximum atomic E-state index is 12.6. The van der Waals surface area contributed by atoms with Crippen molar-refractivity contribution >= 4 is 27.3 Å². The number of hydrogen-bond donors (Lipinski definition) is 0. The standard InChI is InChI=1S/C15H24N2O3S2/c1-5-12-10-14(21-11(12)2)15(18)17-8-6-13(7-9-17)16(3)22(4,19)20/h10,13H,5-9H2,1-4H3. The zero-order valence-corrected chi connectivity index (χ0v) is 15.3. The highest BCUT2D eigenvalue weighted by Gasteiger charge is 2.29. The normalized spacial score (nSPS) is 17.2. The van der Waals surface area contributed by atoms with Gasteiger partial charge in [-0.05, 0) is 37.8 Å². The van der Waals surface area contributed by atoms with Crippen LogP contribution in [-0.4, -0.2) is 56.0 Å². The molecule has 124 valence electrons. The number of amides is 1. The second-order valence-corrected chi connectivity index (χ2v) is 9.15. The Labute approximate surface area is 137 Å². The maximum Gasteiger partial charge on any atom is 0.263 e. The predicted octanol–water partition coefficient (Wildman–Crippen LogP) is 2.11. The van der Waals surface area contributed by atoms with E-state index in [2.05, 4.69) is 6.92 Å². The molecule has 7 heteroatoms. The minimum Gasteiger partial charge on any atom is -0.338 e. The largest absolute Gasteiger partial charge is 0.338 e. The molecular weight excluding hydrogens is 320 g/mol. The number of carbonyl (C=O) groups is 1. The third-order valence-electron chi connectivity index (χ3n) is 4.40. The van der Waals surface area contributed by atoms with Crippen LogP contribution in [0.4, 0.5) is 0 Å². The second-order valence-electron chi connectivity index (χ2n) is 5.85. The van der Waals surface area contributed by atoms with Crippen LogP contribution in [0.15, 0.2) is 6.07 Å². The van der Waals surface area contributed by atoms with Crippen LogP contribution < -0.4 is 0 Å². The summed E-state index contributed by atoms with van der Waals surface area (Å²) in [5.74, 6) is 0.0771. The summed E-state index contributed by atoms with van der Waals surface area (Å²) in [6, 6.07) is 1.99. The average molecular weight is 345 g/mol. The highest BCUT2D eigenvalue weighted by Crippen LogP contribution is 2.25. The third-order valence-corrected chi connectivity index (χ3v) is 6.83. The maximum absolute atomic E-state index is 12.6. The van der Waals surface area contributed by atoms with Crippen LogP contribution in [-0.2, 0) is 16.4 Å². The monoisotopic (exact) mass is 344 g/mol. The zero-order chi connectivity index (χ0) is 16.5. The number of thiophene rings is 1. The lowest BCUT2D eigenvalue weighted by atomic mass is 10.1. The molecule has 0 unspecified atom stereocenters. The number of piperidine rings is 1. The number of aryl methyl sites for hydroxylation is 2. The topological polar surface area (TPSA) is 57.7 Å². The van der Waals surface area contributed by atoms with Crippen LogP contribution in [0, 0.1) is 6.92 Å². The molecular formula is C15H24N2O3S2. The summed E-state index contributed by atoms with van der Waals surface area (Å²) in [6.07, 6.45) is 3.56. The quantitative estimate of drug-likeness (QED) is 0.840. The Hall–Kier alpha value is -0.920. The minimum atomic E-state index is -3.17. The molecule has 0 N–H and O–H groups in total. The van der Waals surface area contributed by atoms with Gasteiger partial charge >= 0.3 is 0 Å². The van der Waals surface area contributed by atoms with Crippen LogP contribution in [0.1, 0.15) is 39.9 Å². The lowest BCUT2D eigenvalue weighted by Crippen LogP contribution is -2.46. The summed E-state index contributed by atoms with van der Waals surface area (Å²) in [6.45, 7) is 5.37. The van der Waals surface area contributed by atoms with E-state index in [1.165, 1.54) is 21.0 Å². The van der Waals surface area contributed by atoms with E-state index in [-0.39, 0.29) is 11.9 Å².